The summed E-state index contributed by atoms with van der Waals surface area (Å²) in [4.78, 5) is 23.6. The van der Waals surface area contributed by atoms with Crippen LogP contribution in [0.25, 0.3) is 5.69 Å². The maximum absolute atomic E-state index is 12.2. The van der Waals surface area contributed by atoms with Gasteiger partial charge in [-0.2, -0.15) is 5.10 Å². The molecular weight excluding hydrogens is 304 g/mol. The molecule has 0 spiro atoms. The second-order valence-electron chi connectivity index (χ2n) is 6.30. The molecule has 6 nitrogen and oxygen atoms in total. The van der Waals surface area contributed by atoms with Crippen LogP contribution in [0.3, 0.4) is 0 Å². The van der Waals surface area contributed by atoms with Crippen LogP contribution in [0.15, 0.2) is 30.3 Å². The number of nitrogens with zero attached hydrogens (tertiary/aromatic N) is 2. The quantitative estimate of drug-likeness (QED) is 0.906. The molecule has 1 aromatic carbocycles. The van der Waals surface area contributed by atoms with Crippen molar-refractivity contribution in [1.82, 2.24) is 15.1 Å². The van der Waals surface area contributed by atoms with Gasteiger partial charge < -0.3 is 10.6 Å². The Morgan fingerprint density at radius 2 is 2.21 bits per heavy atom. The highest BCUT2D eigenvalue weighted by Crippen LogP contribution is 2.18. The lowest BCUT2D eigenvalue weighted by atomic mass is 10.0. The van der Waals surface area contributed by atoms with E-state index >= 15 is 0 Å². The largest absolute Gasteiger partial charge is 0.353 e. The van der Waals surface area contributed by atoms with E-state index in [1.807, 2.05) is 48.9 Å². The molecular formula is C18H22N4O2. The number of anilines is 1. The monoisotopic (exact) mass is 326 g/mol. The Balaban J connectivity index is 1.67. The van der Waals surface area contributed by atoms with Crippen molar-refractivity contribution >= 4 is 17.5 Å². The minimum atomic E-state index is -0.0901. The molecule has 6 heteroatoms. The van der Waals surface area contributed by atoms with Gasteiger partial charge in [-0.1, -0.05) is 6.07 Å². The van der Waals surface area contributed by atoms with Crippen LogP contribution in [0, 0.1) is 13.8 Å². The van der Waals surface area contributed by atoms with Crippen LogP contribution in [-0.2, 0) is 9.59 Å². The predicted molar refractivity (Wildman–Crippen MR) is 92.1 cm³/mol. The zero-order valence-electron chi connectivity index (χ0n) is 14.0. The number of hydrogen-bond acceptors (Lipinski definition) is 3. The van der Waals surface area contributed by atoms with Crippen LogP contribution in [0.1, 0.15) is 37.1 Å². The van der Waals surface area contributed by atoms with Gasteiger partial charge in [-0.05, 0) is 51.0 Å². The highest BCUT2D eigenvalue weighted by Gasteiger charge is 2.20. The fourth-order valence-corrected chi connectivity index (χ4v) is 3.08. The maximum Gasteiger partial charge on any atom is 0.226 e. The van der Waals surface area contributed by atoms with E-state index < -0.39 is 0 Å². The number of benzene rings is 1. The molecule has 2 N–H and O–H groups in total. The summed E-state index contributed by atoms with van der Waals surface area (Å²) in [5.41, 5.74) is 3.63. The van der Waals surface area contributed by atoms with Crippen LogP contribution in [0.4, 0.5) is 5.69 Å². The lowest BCUT2D eigenvalue weighted by molar-refractivity contribution is -0.124. The molecule has 0 aliphatic carbocycles. The first-order chi connectivity index (χ1) is 11.5. The summed E-state index contributed by atoms with van der Waals surface area (Å²) in [6.07, 6.45) is 2.56. The molecule has 2 heterocycles. The van der Waals surface area contributed by atoms with Gasteiger partial charge in [0.1, 0.15) is 0 Å². The van der Waals surface area contributed by atoms with Gasteiger partial charge in [0.05, 0.1) is 11.4 Å². The second kappa shape index (κ2) is 6.86. The first-order valence-corrected chi connectivity index (χ1v) is 8.24. The number of nitrogens with one attached hydrogen (secondary N) is 2. The van der Waals surface area contributed by atoms with Crippen molar-refractivity contribution in [2.24, 2.45) is 0 Å². The highest BCUT2D eigenvalue weighted by atomic mass is 16.2. The Bertz CT molecular complexity index is 766. The topological polar surface area (TPSA) is 76.0 Å². The average molecular weight is 326 g/mol. The van der Waals surface area contributed by atoms with E-state index in [9.17, 15) is 9.59 Å². The van der Waals surface area contributed by atoms with E-state index in [2.05, 4.69) is 15.7 Å². The van der Waals surface area contributed by atoms with Crippen LogP contribution in [0.2, 0.25) is 0 Å². The third kappa shape index (κ3) is 3.82. The molecule has 1 aromatic heterocycles. The van der Waals surface area contributed by atoms with Crippen molar-refractivity contribution in [2.75, 3.05) is 5.32 Å². The molecule has 1 aliphatic rings. The van der Waals surface area contributed by atoms with E-state index in [1.54, 1.807) is 0 Å². The fourth-order valence-electron chi connectivity index (χ4n) is 3.08. The number of piperidine rings is 1. The van der Waals surface area contributed by atoms with E-state index in [1.165, 1.54) is 0 Å². The lowest BCUT2D eigenvalue weighted by Crippen LogP contribution is -2.40. The molecule has 1 saturated heterocycles. The normalized spacial score (nSPS) is 17.4. The number of carbonyl (C=O) groups excluding carboxylic acids is 2. The molecule has 126 valence electrons. The number of aryl methyl sites for hydroxylation is 2. The Morgan fingerprint density at radius 1 is 1.38 bits per heavy atom. The van der Waals surface area contributed by atoms with E-state index in [-0.39, 0.29) is 17.9 Å². The molecule has 2 aromatic rings. The van der Waals surface area contributed by atoms with Gasteiger partial charge >= 0.3 is 0 Å². The van der Waals surface area contributed by atoms with Gasteiger partial charge in [-0.25, -0.2) is 4.68 Å². The van der Waals surface area contributed by atoms with Gasteiger partial charge in [0.2, 0.25) is 11.8 Å². The molecule has 1 unspecified atom stereocenters. The molecule has 1 fully saturated rings. The first-order valence-electron chi connectivity index (χ1n) is 8.24. The molecule has 1 aliphatic heterocycles. The third-order valence-corrected chi connectivity index (χ3v) is 4.14. The number of hydrogen-bond donors (Lipinski definition) is 2. The van der Waals surface area contributed by atoms with Crippen molar-refractivity contribution in [3.05, 3.63) is 41.7 Å². The minimum Gasteiger partial charge on any atom is -0.353 e. The number of carbonyl (C=O) groups is 2. The SMILES string of the molecule is Cc1cc(C)n(-c2cccc(NC(=O)CC3CCCC(=O)N3)c2)n1. The third-order valence-electron chi connectivity index (χ3n) is 4.14. The second-order valence-corrected chi connectivity index (χ2v) is 6.30. The Hall–Kier alpha value is -2.63. The van der Waals surface area contributed by atoms with Crippen molar-refractivity contribution < 1.29 is 9.59 Å². The van der Waals surface area contributed by atoms with E-state index in [0.717, 1.165) is 35.6 Å². The summed E-state index contributed by atoms with van der Waals surface area (Å²) < 4.78 is 1.85. The summed E-state index contributed by atoms with van der Waals surface area (Å²) in [6, 6.07) is 9.55. The maximum atomic E-state index is 12.2. The van der Waals surface area contributed by atoms with Crippen molar-refractivity contribution in [3.63, 3.8) is 0 Å². The highest BCUT2D eigenvalue weighted by molar-refractivity contribution is 5.92. The smallest absolute Gasteiger partial charge is 0.226 e. The molecule has 2 amide bonds. The summed E-state index contributed by atoms with van der Waals surface area (Å²) >= 11 is 0. The van der Waals surface area contributed by atoms with Gasteiger partial charge in [-0.3, -0.25) is 9.59 Å². The summed E-state index contributed by atoms with van der Waals surface area (Å²) in [5, 5.41) is 10.2. The molecule has 3 rings (SSSR count). The average Bonchev–Trinajstić information content (AvgIpc) is 2.86. The summed E-state index contributed by atoms with van der Waals surface area (Å²) in [7, 11) is 0. The standard InChI is InChI=1S/C18H22N4O2/c1-12-9-13(2)22(21-12)16-7-3-5-14(10-16)20-18(24)11-15-6-4-8-17(23)19-15/h3,5,7,9-10,15H,4,6,8,11H2,1-2H3,(H,19,23)(H,20,24). The lowest BCUT2D eigenvalue weighted by Gasteiger charge is -2.22. The van der Waals surface area contributed by atoms with Crippen LogP contribution < -0.4 is 10.6 Å². The van der Waals surface area contributed by atoms with Crippen molar-refractivity contribution in [2.45, 2.75) is 45.6 Å². The Labute approximate surface area is 141 Å². The van der Waals surface area contributed by atoms with E-state index in [0.29, 0.717) is 12.8 Å². The summed E-state index contributed by atoms with van der Waals surface area (Å²) in [6.45, 7) is 3.95. The van der Waals surface area contributed by atoms with Crippen molar-refractivity contribution in [3.8, 4) is 5.69 Å². The molecule has 1 atom stereocenters. The van der Waals surface area contributed by atoms with Crippen LogP contribution >= 0.6 is 0 Å². The fraction of sp³-hybridized carbons (Fsp3) is 0.389. The van der Waals surface area contributed by atoms with Gasteiger partial charge in [0, 0.05) is 30.3 Å². The minimum absolute atomic E-state index is 0.0329. The van der Waals surface area contributed by atoms with E-state index in [4.69, 9.17) is 0 Å². The number of rotatable bonds is 4. The molecule has 0 saturated carbocycles. The number of aromatic nitrogens is 2. The Kier molecular flexibility index (Phi) is 4.64. The van der Waals surface area contributed by atoms with Crippen LogP contribution in [0.5, 0.6) is 0 Å². The zero-order valence-corrected chi connectivity index (χ0v) is 14.0. The van der Waals surface area contributed by atoms with Gasteiger partial charge in [0.25, 0.3) is 0 Å². The van der Waals surface area contributed by atoms with Gasteiger partial charge in [0.15, 0.2) is 0 Å². The molecule has 0 bridgehead atoms. The zero-order chi connectivity index (χ0) is 17.1. The number of amides is 2. The predicted octanol–water partition coefficient (Wildman–Crippen LogP) is 2.49. The molecule has 24 heavy (non-hydrogen) atoms. The van der Waals surface area contributed by atoms with Crippen molar-refractivity contribution in [1.29, 1.82) is 0 Å². The summed E-state index contributed by atoms with van der Waals surface area (Å²) in [5.74, 6) is -0.0571. The molecule has 0 radical (unpaired) electrons. The first kappa shape index (κ1) is 16.2. The van der Waals surface area contributed by atoms with Gasteiger partial charge in [-0.15, -0.1) is 0 Å². The Morgan fingerprint density at radius 3 is 2.92 bits per heavy atom. The van der Waals surface area contributed by atoms with Crippen LogP contribution in [-0.4, -0.2) is 27.6 Å².